The summed E-state index contributed by atoms with van der Waals surface area (Å²) in [4.78, 5) is 0. The topological polar surface area (TPSA) is 52.0 Å². The highest BCUT2D eigenvalue weighted by molar-refractivity contribution is 5.85. The van der Waals surface area contributed by atoms with E-state index in [-0.39, 0.29) is 24.8 Å². The van der Waals surface area contributed by atoms with Crippen molar-refractivity contribution in [1.29, 1.82) is 0 Å². The van der Waals surface area contributed by atoms with Gasteiger partial charge < -0.3 is 11.5 Å². The van der Waals surface area contributed by atoms with Gasteiger partial charge in [-0.15, -0.1) is 24.8 Å². The highest BCUT2D eigenvalue weighted by Gasteiger charge is 2.02. The number of hydrogen-bond donors (Lipinski definition) is 2. The van der Waals surface area contributed by atoms with Crippen LogP contribution in [0.1, 0.15) is 18.1 Å². The Balaban J connectivity index is 0. The molecule has 0 aliphatic heterocycles. The predicted octanol–water partition coefficient (Wildman–Crippen LogP) is 2.57. The maximum absolute atomic E-state index is 5.77. The Bertz CT molecular complexity index is 275. The molecule has 13 heavy (non-hydrogen) atoms. The van der Waals surface area contributed by atoms with Gasteiger partial charge in [-0.05, 0) is 30.5 Å². The summed E-state index contributed by atoms with van der Waals surface area (Å²) < 4.78 is 0. The fraction of sp³-hybridized carbons (Fsp3) is 0.333. The van der Waals surface area contributed by atoms with Crippen LogP contribution in [0.2, 0.25) is 0 Å². The second-order valence-electron chi connectivity index (χ2n) is 2.72. The van der Waals surface area contributed by atoms with Crippen LogP contribution in [0.4, 0.5) is 11.4 Å². The van der Waals surface area contributed by atoms with E-state index in [2.05, 4.69) is 13.8 Å². The highest BCUT2D eigenvalue weighted by atomic mass is 35.5. The van der Waals surface area contributed by atoms with Crippen LogP contribution >= 0.6 is 24.8 Å². The normalized spacial score (nSPS) is 8.46. The van der Waals surface area contributed by atoms with Crippen LogP contribution in [0.3, 0.4) is 0 Å². The van der Waals surface area contributed by atoms with Crippen molar-refractivity contribution in [2.45, 2.75) is 20.3 Å². The van der Waals surface area contributed by atoms with Crippen molar-refractivity contribution >= 4 is 36.2 Å². The third kappa shape index (κ3) is 2.98. The molecule has 0 spiro atoms. The van der Waals surface area contributed by atoms with E-state index in [0.717, 1.165) is 12.1 Å². The summed E-state index contributed by atoms with van der Waals surface area (Å²) >= 11 is 0. The lowest BCUT2D eigenvalue weighted by Crippen LogP contribution is -2.00. The lowest BCUT2D eigenvalue weighted by atomic mass is 10.0. The molecular formula is C9H16Cl2N2. The van der Waals surface area contributed by atoms with E-state index in [9.17, 15) is 0 Å². The Morgan fingerprint density at radius 2 is 1.69 bits per heavy atom. The molecule has 0 radical (unpaired) electrons. The molecule has 0 aliphatic rings. The molecule has 0 heterocycles. The van der Waals surface area contributed by atoms with E-state index in [1.165, 1.54) is 11.1 Å². The van der Waals surface area contributed by atoms with Gasteiger partial charge in [-0.25, -0.2) is 0 Å². The summed E-state index contributed by atoms with van der Waals surface area (Å²) in [7, 11) is 0. The Kier molecular flexibility index (Phi) is 6.82. The van der Waals surface area contributed by atoms with Crippen molar-refractivity contribution in [2.75, 3.05) is 11.5 Å². The van der Waals surface area contributed by atoms with Crippen LogP contribution in [0, 0.1) is 6.92 Å². The first-order valence-corrected chi connectivity index (χ1v) is 3.80. The van der Waals surface area contributed by atoms with Gasteiger partial charge in [-0.3, -0.25) is 0 Å². The summed E-state index contributed by atoms with van der Waals surface area (Å²) in [5, 5.41) is 0. The van der Waals surface area contributed by atoms with Crippen LogP contribution in [-0.4, -0.2) is 0 Å². The summed E-state index contributed by atoms with van der Waals surface area (Å²) in [5.74, 6) is 0. The van der Waals surface area contributed by atoms with E-state index in [0.29, 0.717) is 5.69 Å². The molecule has 0 saturated heterocycles. The van der Waals surface area contributed by atoms with Gasteiger partial charge in [-0.2, -0.15) is 0 Å². The van der Waals surface area contributed by atoms with Crippen molar-refractivity contribution in [2.24, 2.45) is 0 Å². The minimum absolute atomic E-state index is 0. The molecule has 0 aromatic heterocycles. The molecular weight excluding hydrogens is 207 g/mol. The third-order valence-corrected chi connectivity index (χ3v) is 1.98. The van der Waals surface area contributed by atoms with Crippen LogP contribution in [0.5, 0.6) is 0 Å². The fourth-order valence-electron chi connectivity index (χ4n) is 1.26. The Hall–Kier alpha value is -0.600. The average Bonchev–Trinajstić information content (AvgIpc) is 1.99. The maximum atomic E-state index is 5.77. The second-order valence-corrected chi connectivity index (χ2v) is 2.72. The van der Waals surface area contributed by atoms with Crippen LogP contribution in [0.15, 0.2) is 12.1 Å². The standard InChI is InChI=1S/C9H14N2.2ClH/c1-3-7-6(2)4-5-8(10)9(7)11;;/h4-5H,3,10-11H2,1-2H3;2*1H. The summed E-state index contributed by atoms with van der Waals surface area (Å²) in [6.07, 6.45) is 0.947. The van der Waals surface area contributed by atoms with Crippen molar-refractivity contribution < 1.29 is 0 Å². The molecule has 1 aromatic carbocycles. The molecule has 4 heteroatoms. The van der Waals surface area contributed by atoms with Crippen molar-refractivity contribution in [1.82, 2.24) is 0 Å². The van der Waals surface area contributed by atoms with Gasteiger partial charge in [0.1, 0.15) is 0 Å². The van der Waals surface area contributed by atoms with Gasteiger partial charge in [0.05, 0.1) is 11.4 Å². The van der Waals surface area contributed by atoms with E-state index < -0.39 is 0 Å². The van der Waals surface area contributed by atoms with Crippen molar-refractivity contribution in [3.05, 3.63) is 23.3 Å². The number of rotatable bonds is 1. The molecule has 1 rings (SSSR count). The molecule has 0 atom stereocenters. The molecule has 4 N–H and O–H groups in total. The molecule has 0 bridgehead atoms. The van der Waals surface area contributed by atoms with Crippen molar-refractivity contribution in [3.63, 3.8) is 0 Å². The molecule has 1 aromatic rings. The van der Waals surface area contributed by atoms with Gasteiger partial charge in [0, 0.05) is 0 Å². The zero-order chi connectivity index (χ0) is 8.43. The molecule has 0 amide bonds. The monoisotopic (exact) mass is 222 g/mol. The van der Waals surface area contributed by atoms with Gasteiger partial charge in [0.15, 0.2) is 0 Å². The summed E-state index contributed by atoms with van der Waals surface area (Å²) in [5.41, 5.74) is 15.2. The first kappa shape index (κ1) is 14.9. The summed E-state index contributed by atoms with van der Waals surface area (Å²) in [6.45, 7) is 4.13. The predicted molar refractivity (Wildman–Crippen MR) is 63.9 cm³/mol. The summed E-state index contributed by atoms with van der Waals surface area (Å²) in [6, 6.07) is 3.86. The minimum atomic E-state index is 0. The smallest absolute Gasteiger partial charge is 0.0582 e. The fourth-order valence-corrected chi connectivity index (χ4v) is 1.26. The van der Waals surface area contributed by atoms with Gasteiger partial charge >= 0.3 is 0 Å². The van der Waals surface area contributed by atoms with Crippen LogP contribution in [-0.2, 0) is 6.42 Å². The minimum Gasteiger partial charge on any atom is -0.397 e. The number of benzene rings is 1. The number of halogens is 2. The molecule has 0 unspecified atom stereocenters. The Morgan fingerprint density at radius 1 is 1.15 bits per heavy atom. The maximum Gasteiger partial charge on any atom is 0.0582 e. The first-order chi connectivity index (χ1) is 5.16. The lowest BCUT2D eigenvalue weighted by molar-refractivity contribution is 1.12. The lowest BCUT2D eigenvalue weighted by Gasteiger charge is -2.08. The molecule has 2 nitrogen and oxygen atoms in total. The Labute approximate surface area is 91.5 Å². The molecule has 0 saturated carbocycles. The first-order valence-electron chi connectivity index (χ1n) is 3.80. The number of aryl methyl sites for hydroxylation is 1. The van der Waals surface area contributed by atoms with E-state index in [1.54, 1.807) is 0 Å². The zero-order valence-electron chi connectivity index (χ0n) is 7.83. The largest absolute Gasteiger partial charge is 0.397 e. The SMILES string of the molecule is CCc1c(C)ccc(N)c1N.Cl.Cl. The average molecular weight is 223 g/mol. The number of nitrogen functional groups attached to an aromatic ring is 2. The third-order valence-electron chi connectivity index (χ3n) is 1.98. The molecule has 0 fully saturated rings. The zero-order valence-corrected chi connectivity index (χ0v) is 9.47. The Morgan fingerprint density at radius 3 is 2.08 bits per heavy atom. The van der Waals surface area contributed by atoms with Crippen LogP contribution in [0.25, 0.3) is 0 Å². The van der Waals surface area contributed by atoms with Gasteiger partial charge in [0.25, 0.3) is 0 Å². The van der Waals surface area contributed by atoms with Gasteiger partial charge in [0.2, 0.25) is 0 Å². The highest BCUT2D eigenvalue weighted by Crippen LogP contribution is 2.23. The number of nitrogens with two attached hydrogens (primary N) is 2. The van der Waals surface area contributed by atoms with E-state index >= 15 is 0 Å². The number of anilines is 2. The van der Waals surface area contributed by atoms with E-state index in [1.807, 2.05) is 12.1 Å². The van der Waals surface area contributed by atoms with Crippen LogP contribution < -0.4 is 11.5 Å². The second kappa shape index (κ2) is 5.95. The van der Waals surface area contributed by atoms with Crippen molar-refractivity contribution in [3.8, 4) is 0 Å². The quantitative estimate of drug-likeness (QED) is 0.719. The molecule has 0 aliphatic carbocycles. The number of hydrogen-bond acceptors (Lipinski definition) is 2. The molecule has 76 valence electrons. The van der Waals surface area contributed by atoms with E-state index in [4.69, 9.17) is 11.5 Å². The van der Waals surface area contributed by atoms with Gasteiger partial charge in [-0.1, -0.05) is 13.0 Å².